The number of amides is 1. The molecule has 1 saturated carbocycles. The highest BCUT2D eigenvalue weighted by Gasteiger charge is 2.45. The lowest BCUT2D eigenvalue weighted by Crippen LogP contribution is -2.56. The summed E-state index contributed by atoms with van der Waals surface area (Å²) in [5.41, 5.74) is -0.0162. The summed E-state index contributed by atoms with van der Waals surface area (Å²) in [5, 5.41) is 13.6. The molecular weight excluding hydrogens is 365 g/mol. The number of nitrogens with zero attached hydrogens (tertiary/aromatic N) is 3. The van der Waals surface area contributed by atoms with E-state index in [1.54, 1.807) is 26.1 Å². The van der Waals surface area contributed by atoms with E-state index in [0.717, 1.165) is 19.3 Å². The van der Waals surface area contributed by atoms with Crippen LogP contribution in [0.1, 0.15) is 50.0 Å². The van der Waals surface area contributed by atoms with Crippen LogP contribution in [0.3, 0.4) is 0 Å². The Labute approximate surface area is 162 Å². The second-order valence-corrected chi connectivity index (χ2v) is 7.33. The number of hydrogen-bond donors (Lipinski definition) is 1. The Morgan fingerprint density at radius 2 is 2.00 bits per heavy atom. The quantitative estimate of drug-likeness (QED) is 0.814. The van der Waals surface area contributed by atoms with Gasteiger partial charge in [-0.25, -0.2) is 9.18 Å². The Hall–Kier alpha value is -2.77. The Morgan fingerprint density at radius 1 is 1.29 bits per heavy atom. The largest absolute Gasteiger partial charge is 0.479 e. The van der Waals surface area contributed by atoms with Crippen LogP contribution in [0.4, 0.5) is 4.39 Å². The molecule has 8 heteroatoms. The second-order valence-electron chi connectivity index (χ2n) is 7.33. The third-order valence-corrected chi connectivity index (χ3v) is 5.53. The number of likely N-dealkylation sites (N-methyl/N-ethyl adjacent to an activating group) is 1. The zero-order valence-electron chi connectivity index (χ0n) is 16.1. The topological polar surface area (TPSA) is 96.5 Å². The van der Waals surface area contributed by atoms with Crippen LogP contribution in [0.2, 0.25) is 0 Å². The maximum atomic E-state index is 13.4. The lowest BCUT2D eigenvalue weighted by Gasteiger charge is -2.41. The molecule has 0 atom stereocenters. The fourth-order valence-electron chi connectivity index (χ4n) is 3.71. The van der Waals surface area contributed by atoms with Gasteiger partial charge in [-0.3, -0.25) is 4.79 Å². The predicted molar refractivity (Wildman–Crippen MR) is 99.0 cm³/mol. The summed E-state index contributed by atoms with van der Waals surface area (Å²) in [5.74, 6) is -0.910. The minimum atomic E-state index is -1.12. The number of aromatic nitrogens is 2. The van der Waals surface area contributed by atoms with Gasteiger partial charge in [-0.1, -0.05) is 24.4 Å². The van der Waals surface area contributed by atoms with Crippen LogP contribution in [0.25, 0.3) is 11.4 Å². The van der Waals surface area contributed by atoms with Crippen LogP contribution in [0, 0.1) is 12.7 Å². The smallest absolute Gasteiger partial charge is 0.329 e. The number of hydrogen-bond acceptors (Lipinski definition) is 5. The average molecular weight is 389 g/mol. The second kappa shape index (κ2) is 8.08. The molecule has 1 aromatic heterocycles. The number of aliphatic carboxylic acids is 1. The third-order valence-electron chi connectivity index (χ3n) is 5.53. The lowest BCUT2D eigenvalue weighted by molar-refractivity contribution is -0.160. The first-order valence-corrected chi connectivity index (χ1v) is 9.43. The Bertz CT molecular complexity index is 874. The Balaban J connectivity index is 1.65. The van der Waals surface area contributed by atoms with Crippen LogP contribution < -0.4 is 0 Å². The van der Waals surface area contributed by atoms with Gasteiger partial charge in [0.2, 0.25) is 17.6 Å². The number of rotatable bonds is 6. The molecule has 1 amide bonds. The molecule has 1 heterocycles. The molecule has 0 unspecified atom stereocenters. The highest BCUT2D eigenvalue weighted by atomic mass is 19.1. The van der Waals surface area contributed by atoms with Crippen molar-refractivity contribution in [2.24, 2.45) is 0 Å². The molecule has 7 nitrogen and oxygen atoms in total. The van der Waals surface area contributed by atoms with Crippen LogP contribution in [0.15, 0.2) is 22.7 Å². The first-order chi connectivity index (χ1) is 13.3. The molecule has 1 aliphatic carbocycles. The van der Waals surface area contributed by atoms with Crippen molar-refractivity contribution in [1.29, 1.82) is 0 Å². The van der Waals surface area contributed by atoms with Gasteiger partial charge in [0, 0.05) is 25.5 Å². The molecule has 1 aliphatic rings. The average Bonchev–Trinajstić information content (AvgIpc) is 3.17. The van der Waals surface area contributed by atoms with Gasteiger partial charge in [0.25, 0.3) is 0 Å². The summed E-state index contributed by atoms with van der Waals surface area (Å²) in [6.45, 7) is 1.65. The summed E-state index contributed by atoms with van der Waals surface area (Å²) in [6.07, 6.45) is 3.83. The van der Waals surface area contributed by atoms with Gasteiger partial charge >= 0.3 is 5.97 Å². The molecule has 0 radical (unpaired) electrons. The predicted octanol–water partition coefficient (Wildman–Crippen LogP) is 3.36. The molecule has 150 valence electrons. The molecular formula is C20H24FN3O4. The number of benzene rings is 1. The number of carboxylic acids is 1. The van der Waals surface area contributed by atoms with Crippen molar-refractivity contribution in [3.05, 3.63) is 35.5 Å². The standard InChI is InChI=1S/C20H24FN3O4/c1-13-12-14(6-7-15(13)21)18-22-16(28-23-18)8-9-17(25)24(2)20(19(26)27)10-4-3-5-11-20/h6-7,12H,3-5,8-11H2,1-2H3,(H,26,27). The van der Waals surface area contributed by atoms with Crippen molar-refractivity contribution < 1.29 is 23.6 Å². The summed E-state index contributed by atoms with van der Waals surface area (Å²) >= 11 is 0. The van der Waals surface area contributed by atoms with E-state index in [9.17, 15) is 19.1 Å². The first kappa shape index (κ1) is 20.0. The molecule has 1 fully saturated rings. The summed E-state index contributed by atoms with van der Waals surface area (Å²) in [6, 6.07) is 4.53. The molecule has 3 rings (SSSR count). The van der Waals surface area contributed by atoms with E-state index in [0.29, 0.717) is 29.8 Å². The molecule has 1 aromatic carbocycles. The SMILES string of the molecule is Cc1cc(-c2noc(CCC(=O)N(C)C3(C(=O)O)CCCCC3)n2)ccc1F. The van der Waals surface area contributed by atoms with Crippen molar-refractivity contribution in [2.45, 2.75) is 57.4 Å². The minimum absolute atomic E-state index is 0.0790. The third kappa shape index (κ3) is 3.90. The molecule has 0 saturated heterocycles. The van der Waals surface area contributed by atoms with Gasteiger partial charge in [-0.2, -0.15) is 4.98 Å². The highest BCUT2D eigenvalue weighted by Crippen LogP contribution is 2.33. The van der Waals surface area contributed by atoms with Crippen LogP contribution in [0.5, 0.6) is 0 Å². The van der Waals surface area contributed by atoms with E-state index in [4.69, 9.17) is 4.52 Å². The van der Waals surface area contributed by atoms with Gasteiger partial charge < -0.3 is 14.5 Å². The number of carboxylic acid groups (broad SMARTS) is 1. The zero-order chi connectivity index (χ0) is 20.3. The number of aryl methyl sites for hydroxylation is 2. The normalized spacial score (nSPS) is 16.0. The van der Waals surface area contributed by atoms with E-state index in [2.05, 4.69) is 10.1 Å². The summed E-state index contributed by atoms with van der Waals surface area (Å²) in [4.78, 5) is 30.1. The maximum absolute atomic E-state index is 13.4. The van der Waals surface area contributed by atoms with Crippen molar-refractivity contribution in [3.8, 4) is 11.4 Å². The van der Waals surface area contributed by atoms with E-state index < -0.39 is 11.5 Å². The van der Waals surface area contributed by atoms with Gasteiger partial charge in [-0.05, 0) is 43.5 Å². The van der Waals surface area contributed by atoms with Crippen LogP contribution in [-0.4, -0.2) is 44.6 Å². The first-order valence-electron chi connectivity index (χ1n) is 9.43. The summed E-state index contributed by atoms with van der Waals surface area (Å²) < 4.78 is 18.6. The van der Waals surface area contributed by atoms with Gasteiger partial charge in [0.15, 0.2) is 0 Å². The van der Waals surface area contributed by atoms with Gasteiger partial charge in [0.1, 0.15) is 11.4 Å². The van der Waals surface area contributed by atoms with E-state index in [1.165, 1.54) is 11.0 Å². The lowest BCUT2D eigenvalue weighted by atomic mass is 9.80. The highest BCUT2D eigenvalue weighted by molar-refractivity contribution is 5.87. The van der Waals surface area contributed by atoms with Crippen LogP contribution in [-0.2, 0) is 16.0 Å². The minimum Gasteiger partial charge on any atom is -0.479 e. The van der Waals surface area contributed by atoms with Gasteiger partial charge in [-0.15, -0.1) is 0 Å². The summed E-state index contributed by atoms with van der Waals surface area (Å²) in [7, 11) is 1.56. The number of carbonyl (C=O) groups excluding carboxylic acids is 1. The van der Waals surface area contributed by atoms with Crippen molar-refractivity contribution in [3.63, 3.8) is 0 Å². The zero-order valence-corrected chi connectivity index (χ0v) is 16.1. The molecule has 0 spiro atoms. The maximum Gasteiger partial charge on any atom is 0.329 e. The van der Waals surface area contributed by atoms with Crippen LogP contribution >= 0.6 is 0 Å². The number of halogens is 1. The molecule has 1 N–H and O–H groups in total. The van der Waals surface area contributed by atoms with Crippen molar-refractivity contribution in [1.82, 2.24) is 15.0 Å². The van der Waals surface area contributed by atoms with E-state index in [1.807, 2.05) is 0 Å². The van der Waals surface area contributed by atoms with Crippen molar-refractivity contribution >= 4 is 11.9 Å². The van der Waals surface area contributed by atoms with Gasteiger partial charge in [0.05, 0.1) is 0 Å². The molecule has 2 aromatic rings. The van der Waals surface area contributed by atoms with E-state index >= 15 is 0 Å². The number of carbonyl (C=O) groups is 2. The van der Waals surface area contributed by atoms with E-state index in [-0.39, 0.29) is 30.5 Å². The fourth-order valence-corrected chi connectivity index (χ4v) is 3.71. The molecule has 0 bridgehead atoms. The monoisotopic (exact) mass is 389 g/mol. The van der Waals surface area contributed by atoms with Crippen molar-refractivity contribution in [2.75, 3.05) is 7.05 Å². The fraction of sp³-hybridized carbons (Fsp3) is 0.500. The Kier molecular flexibility index (Phi) is 5.76. The molecule has 0 aliphatic heterocycles. The Morgan fingerprint density at radius 3 is 2.64 bits per heavy atom. The molecule has 28 heavy (non-hydrogen) atoms.